The van der Waals surface area contributed by atoms with Crippen LogP contribution in [0.1, 0.15) is 98.1 Å². The molecule has 0 spiro atoms. The zero-order valence-electron chi connectivity index (χ0n) is 32.7. The highest BCUT2D eigenvalue weighted by atomic mass is 32.2. The first-order chi connectivity index (χ1) is 25.3. The lowest BCUT2D eigenvalue weighted by Crippen LogP contribution is -2.31. The van der Waals surface area contributed by atoms with Gasteiger partial charge in [0.2, 0.25) is 0 Å². The van der Waals surface area contributed by atoms with Crippen LogP contribution in [0.15, 0.2) is 103 Å². The summed E-state index contributed by atoms with van der Waals surface area (Å²) >= 11 is 4.07. The molecule has 2 aromatic heterocycles. The summed E-state index contributed by atoms with van der Waals surface area (Å²) in [6.45, 7) is 16.0. The van der Waals surface area contributed by atoms with E-state index in [1.165, 1.54) is 65.6 Å². The number of fused-ring (bicyclic) bond motifs is 2. The molecular weight excluding hydrogens is 689 g/mol. The number of aromatic nitrogens is 2. The molecule has 5 aromatic rings. The molecule has 0 radical (unpaired) electrons. The van der Waals surface area contributed by atoms with Crippen LogP contribution in [-0.4, -0.2) is 35.6 Å². The number of hydrogen-bond acceptors (Lipinski definition) is 4. The first-order valence-electron chi connectivity index (χ1n) is 19.7. The summed E-state index contributed by atoms with van der Waals surface area (Å²) in [6.07, 6.45) is 18.5. The molecule has 0 aliphatic heterocycles. The third-order valence-corrected chi connectivity index (χ3v) is 14.8. The smallest absolute Gasteiger partial charge is 0.143 e. The predicted molar refractivity (Wildman–Crippen MR) is 231 cm³/mol. The number of allylic oxidation sites excluding steroid dienone is 3. The van der Waals surface area contributed by atoms with Gasteiger partial charge < -0.3 is 19.3 Å². The second-order valence-electron chi connectivity index (χ2n) is 17.6. The molecular formula is C47H58N2O2S2. The van der Waals surface area contributed by atoms with Crippen molar-refractivity contribution in [3.05, 3.63) is 114 Å². The molecule has 7 rings (SSSR count). The lowest BCUT2D eigenvalue weighted by molar-refractivity contribution is 0.237. The van der Waals surface area contributed by atoms with Crippen LogP contribution in [0.5, 0.6) is 5.75 Å². The van der Waals surface area contributed by atoms with Crippen molar-refractivity contribution in [3.63, 3.8) is 0 Å². The molecule has 2 N–H and O–H groups in total. The van der Waals surface area contributed by atoms with Crippen molar-refractivity contribution >= 4 is 50.8 Å². The largest absolute Gasteiger partial charge is 0.506 e. The van der Waals surface area contributed by atoms with Crippen LogP contribution in [0.4, 0.5) is 0 Å². The van der Waals surface area contributed by atoms with Gasteiger partial charge in [0.05, 0.1) is 11.4 Å². The van der Waals surface area contributed by atoms with Crippen LogP contribution in [0.25, 0.3) is 32.9 Å². The number of aromatic hydroxyl groups is 1. The van der Waals surface area contributed by atoms with Crippen LogP contribution < -0.4 is 0 Å². The molecule has 0 bridgehead atoms. The highest BCUT2D eigenvalue weighted by molar-refractivity contribution is 8.03. The van der Waals surface area contributed by atoms with E-state index in [1.54, 1.807) is 0 Å². The molecule has 1 saturated carbocycles. The number of rotatable bonds is 8. The van der Waals surface area contributed by atoms with E-state index in [-0.39, 0.29) is 16.7 Å². The van der Waals surface area contributed by atoms with Gasteiger partial charge in [0.1, 0.15) is 11.5 Å². The normalized spacial score (nSPS) is 21.9. The summed E-state index contributed by atoms with van der Waals surface area (Å²) in [7, 11) is 0. The van der Waals surface area contributed by atoms with Crippen LogP contribution >= 0.6 is 23.5 Å². The lowest BCUT2D eigenvalue weighted by atomic mass is 9.69. The molecule has 6 heteroatoms. The van der Waals surface area contributed by atoms with Crippen molar-refractivity contribution < 1.29 is 10.2 Å². The Hall–Kier alpha value is -3.48. The van der Waals surface area contributed by atoms with Crippen LogP contribution in [0, 0.1) is 17.3 Å². The molecule has 4 nitrogen and oxygen atoms in total. The Morgan fingerprint density at radius 2 is 1.19 bits per heavy atom. The van der Waals surface area contributed by atoms with Gasteiger partial charge in [-0.3, -0.25) is 0 Å². The third kappa shape index (κ3) is 8.15. The molecule has 2 heterocycles. The van der Waals surface area contributed by atoms with E-state index in [0.29, 0.717) is 27.9 Å². The van der Waals surface area contributed by atoms with Gasteiger partial charge in [-0.15, -0.1) is 0 Å². The Kier molecular flexibility index (Phi) is 10.9. The minimum absolute atomic E-state index is 0.0506. The molecule has 53 heavy (non-hydrogen) atoms. The zero-order chi connectivity index (χ0) is 37.5. The van der Waals surface area contributed by atoms with E-state index >= 15 is 0 Å². The molecule has 4 atom stereocenters. The first-order valence-corrected chi connectivity index (χ1v) is 21.8. The average molecular weight is 747 g/mol. The summed E-state index contributed by atoms with van der Waals surface area (Å²) in [5, 5.41) is 29.6. The Bertz CT molecular complexity index is 2070. The Labute approximate surface area is 325 Å². The standard InChI is InChI=1S/C47H58N2O2S2/c1-31-39(47(5,6)7)23-37(45(51)43(31)49-27-34-18-14-15-19-35(34)28-49)30-53-42-21-11-9-8-10-20-41(42)52-29-36-22-38(46(2,3)4)24-40(44(36)50)48-25-32-16-12-13-17-33(32)26-48/h12-19,22-28,31,39,41-42,50-51H,8-11,20-21,29-30H2,1-7H3/t31?,39?,41?,42-/m0/s1. The summed E-state index contributed by atoms with van der Waals surface area (Å²) in [4.78, 5) is 0. The maximum absolute atomic E-state index is 12.0. The summed E-state index contributed by atoms with van der Waals surface area (Å²) in [5.74, 6) is 2.90. The molecule has 2 aliphatic carbocycles. The van der Waals surface area contributed by atoms with Crippen molar-refractivity contribution in [1.82, 2.24) is 9.13 Å². The zero-order valence-corrected chi connectivity index (χ0v) is 34.4. The van der Waals surface area contributed by atoms with Gasteiger partial charge in [0.25, 0.3) is 0 Å². The molecule has 280 valence electrons. The SMILES string of the molecule is CC1C(n2cc3ccccc3c2)=C(O)C(CS[C@H]2CCCCCCC2SCc2cc(C(C)(C)C)cc(-n3cc4ccccc4c3)c2O)=CC1C(C)(C)C. The topological polar surface area (TPSA) is 50.3 Å². The fourth-order valence-electron chi connectivity index (χ4n) is 8.52. The molecule has 3 unspecified atom stereocenters. The number of nitrogens with zero attached hydrogens (tertiary/aromatic N) is 2. The monoisotopic (exact) mass is 746 g/mol. The highest BCUT2D eigenvalue weighted by Gasteiger charge is 2.37. The van der Waals surface area contributed by atoms with E-state index in [2.05, 4.69) is 149 Å². The summed E-state index contributed by atoms with van der Waals surface area (Å²) in [6, 6.07) is 21.3. The molecule has 3 aromatic carbocycles. The lowest BCUT2D eigenvalue weighted by Gasteiger charge is -2.39. The number of hydrogen-bond donors (Lipinski definition) is 2. The van der Waals surface area contributed by atoms with Gasteiger partial charge in [0.15, 0.2) is 0 Å². The Morgan fingerprint density at radius 3 is 1.70 bits per heavy atom. The number of thioether (sulfide) groups is 2. The van der Waals surface area contributed by atoms with Crippen molar-refractivity contribution in [2.75, 3.05) is 5.75 Å². The fourth-order valence-corrected chi connectivity index (χ4v) is 11.6. The molecule has 1 fully saturated rings. The minimum Gasteiger partial charge on any atom is -0.506 e. The van der Waals surface area contributed by atoms with Gasteiger partial charge in [-0.05, 0) is 62.8 Å². The van der Waals surface area contributed by atoms with Crippen LogP contribution in [0.3, 0.4) is 0 Å². The summed E-state index contributed by atoms with van der Waals surface area (Å²) in [5.41, 5.74) is 5.21. The van der Waals surface area contributed by atoms with Gasteiger partial charge in [-0.2, -0.15) is 23.5 Å². The van der Waals surface area contributed by atoms with E-state index in [4.69, 9.17) is 0 Å². The highest BCUT2D eigenvalue weighted by Crippen LogP contribution is 2.47. The van der Waals surface area contributed by atoms with Crippen molar-refractivity contribution in [3.8, 4) is 11.4 Å². The van der Waals surface area contributed by atoms with Gasteiger partial charge in [-0.1, -0.05) is 135 Å². The number of benzene rings is 3. The number of phenolic OH excluding ortho intramolecular Hbond substituents is 1. The minimum atomic E-state index is -0.0506. The van der Waals surface area contributed by atoms with E-state index in [0.717, 1.165) is 34.0 Å². The molecule has 2 aliphatic rings. The maximum atomic E-state index is 12.0. The quantitative estimate of drug-likeness (QED) is 0.166. The Morgan fingerprint density at radius 1 is 0.679 bits per heavy atom. The molecule has 0 amide bonds. The van der Waals surface area contributed by atoms with Gasteiger partial charge >= 0.3 is 0 Å². The number of phenols is 1. The maximum Gasteiger partial charge on any atom is 0.143 e. The van der Waals surface area contributed by atoms with Gasteiger partial charge in [-0.25, -0.2) is 0 Å². The van der Waals surface area contributed by atoms with Crippen molar-refractivity contribution in [2.45, 2.75) is 109 Å². The fraction of sp³-hybridized carbons (Fsp3) is 0.447. The Balaban J connectivity index is 1.16. The summed E-state index contributed by atoms with van der Waals surface area (Å²) < 4.78 is 4.30. The van der Waals surface area contributed by atoms with Crippen LogP contribution in [0.2, 0.25) is 0 Å². The second kappa shape index (κ2) is 15.3. The number of aliphatic hydroxyl groups excluding tert-OH is 1. The van der Waals surface area contributed by atoms with E-state index in [9.17, 15) is 10.2 Å². The van der Waals surface area contributed by atoms with E-state index in [1.807, 2.05) is 23.5 Å². The van der Waals surface area contributed by atoms with Crippen molar-refractivity contribution in [1.29, 1.82) is 0 Å². The first kappa shape index (κ1) is 37.8. The number of aliphatic hydroxyl groups is 1. The third-order valence-electron chi connectivity index (χ3n) is 11.6. The predicted octanol–water partition coefficient (Wildman–Crippen LogP) is 13.3. The van der Waals surface area contributed by atoms with Crippen molar-refractivity contribution in [2.24, 2.45) is 17.3 Å². The second-order valence-corrected chi connectivity index (χ2v) is 20.1. The average Bonchev–Trinajstić information content (AvgIpc) is 3.72. The van der Waals surface area contributed by atoms with Crippen LogP contribution in [-0.2, 0) is 11.2 Å². The van der Waals surface area contributed by atoms with Gasteiger partial charge in [0, 0.05) is 63.8 Å². The molecule has 0 saturated heterocycles. The van der Waals surface area contributed by atoms with E-state index < -0.39 is 0 Å².